The van der Waals surface area contributed by atoms with E-state index in [1.54, 1.807) is 27.7 Å². The SMILES string of the molecule is C=CC(=O)C(C)(C)OCCC(C)(C)Oc1ccc(C2(c3ccc(OC(C)(C)CCOC(C)(C)C(=O)C=C)cc3)CC(C)c3ccc(-c4ccccc4)cc32)cc1. The lowest BCUT2D eigenvalue weighted by molar-refractivity contribution is -0.136. The number of carbonyl (C=O) groups excluding carboxylic acids is 2. The van der Waals surface area contributed by atoms with Gasteiger partial charge in [0.1, 0.15) is 33.9 Å². The summed E-state index contributed by atoms with van der Waals surface area (Å²) < 4.78 is 24.9. The van der Waals surface area contributed by atoms with E-state index in [1.165, 1.54) is 45.5 Å². The molecule has 5 rings (SSSR count). The van der Waals surface area contributed by atoms with Crippen LogP contribution < -0.4 is 9.47 Å². The maximum absolute atomic E-state index is 12.2. The number of fused-ring (bicyclic) bond motifs is 1. The van der Waals surface area contributed by atoms with E-state index < -0.39 is 27.8 Å². The van der Waals surface area contributed by atoms with Crippen LogP contribution in [-0.4, -0.2) is 47.2 Å². The molecule has 1 aliphatic rings. The normalized spacial score (nSPS) is 15.5. The Morgan fingerprint density at radius 1 is 0.643 bits per heavy atom. The van der Waals surface area contributed by atoms with Crippen LogP contribution in [0, 0.1) is 0 Å². The average molecular weight is 757 g/mol. The van der Waals surface area contributed by atoms with Gasteiger partial charge in [-0.05, 0) is 144 Å². The number of ketones is 2. The molecule has 0 radical (unpaired) electrons. The predicted octanol–water partition coefficient (Wildman–Crippen LogP) is 11.4. The Labute approximate surface area is 334 Å². The molecule has 1 unspecified atom stereocenters. The molecule has 4 aromatic carbocycles. The molecule has 0 bridgehead atoms. The highest BCUT2D eigenvalue weighted by Gasteiger charge is 2.45. The van der Waals surface area contributed by atoms with Gasteiger partial charge < -0.3 is 18.9 Å². The first-order valence-corrected chi connectivity index (χ1v) is 19.7. The van der Waals surface area contributed by atoms with E-state index in [9.17, 15) is 9.59 Å². The molecule has 0 aromatic heterocycles. The number of benzene rings is 4. The molecule has 6 nitrogen and oxygen atoms in total. The van der Waals surface area contributed by atoms with Crippen LogP contribution in [0.3, 0.4) is 0 Å². The Hall–Kier alpha value is -4.78. The fourth-order valence-corrected chi connectivity index (χ4v) is 7.65. The lowest BCUT2D eigenvalue weighted by atomic mass is 9.69. The average Bonchev–Trinajstić information content (AvgIpc) is 3.46. The molecule has 0 aliphatic heterocycles. The fourth-order valence-electron chi connectivity index (χ4n) is 7.65. The molecule has 0 spiro atoms. The Morgan fingerprint density at radius 2 is 1.09 bits per heavy atom. The van der Waals surface area contributed by atoms with Crippen molar-refractivity contribution in [3.63, 3.8) is 0 Å². The van der Waals surface area contributed by atoms with Crippen molar-refractivity contribution in [1.82, 2.24) is 0 Å². The van der Waals surface area contributed by atoms with E-state index >= 15 is 0 Å². The predicted molar refractivity (Wildman–Crippen MR) is 227 cm³/mol. The molecule has 0 heterocycles. The summed E-state index contributed by atoms with van der Waals surface area (Å²) in [4.78, 5) is 24.4. The van der Waals surface area contributed by atoms with Crippen LogP contribution in [0.25, 0.3) is 11.1 Å². The van der Waals surface area contributed by atoms with Crippen molar-refractivity contribution in [2.24, 2.45) is 0 Å². The lowest BCUT2D eigenvalue weighted by Gasteiger charge is -2.34. The number of rotatable bonds is 19. The molecule has 0 amide bonds. The molecule has 6 heteroatoms. The number of carbonyl (C=O) groups is 2. The van der Waals surface area contributed by atoms with Crippen molar-refractivity contribution < 1.29 is 28.5 Å². The molecule has 0 fully saturated rings. The van der Waals surface area contributed by atoms with Crippen LogP contribution >= 0.6 is 0 Å². The largest absolute Gasteiger partial charge is 0.488 e. The molecule has 0 saturated carbocycles. The van der Waals surface area contributed by atoms with E-state index in [2.05, 4.69) is 111 Å². The number of ether oxygens (including phenoxy) is 4. The highest BCUT2D eigenvalue weighted by Crippen LogP contribution is 2.55. The highest BCUT2D eigenvalue weighted by atomic mass is 16.5. The van der Waals surface area contributed by atoms with Crippen LogP contribution in [-0.2, 0) is 24.5 Å². The van der Waals surface area contributed by atoms with E-state index in [0.29, 0.717) is 32.0 Å². The van der Waals surface area contributed by atoms with Crippen LogP contribution in [0.5, 0.6) is 11.5 Å². The van der Waals surface area contributed by atoms with Crippen molar-refractivity contribution >= 4 is 11.6 Å². The summed E-state index contributed by atoms with van der Waals surface area (Å²) in [7, 11) is 0. The topological polar surface area (TPSA) is 71.1 Å². The van der Waals surface area contributed by atoms with Gasteiger partial charge in [-0.15, -0.1) is 0 Å². The van der Waals surface area contributed by atoms with Gasteiger partial charge in [0.25, 0.3) is 0 Å². The Morgan fingerprint density at radius 3 is 1.52 bits per heavy atom. The minimum atomic E-state index is -0.927. The van der Waals surface area contributed by atoms with Gasteiger partial charge >= 0.3 is 0 Å². The third-order valence-corrected chi connectivity index (χ3v) is 11.1. The molecule has 296 valence electrons. The highest BCUT2D eigenvalue weighted by molar-refractivity contribution is 5.96. The lowest BCUT2D eigenvalue weighted by Crippen LogP contribution is -2.37. The molecule has 0 N–H and O–H groups in total. The van der Waals surface area contributed by atoms with Crippen molar-refractivity contribution in [3.8, 4) is 22.6 Å². The van der Waals surface area contributed by atoms with Gasteiger partial charge in [0.2, 0.25) is 0 Å². The van der Waals surface area contributed by atoms with Crippen molar-refractivity contribution in [2.75, 3.05) is 13.2 Å². The van der Waals surface area contributed by atoms with Gasteiger partial charge in [0.05, 0.1) is 13.2 Å². The van der Waals surface area contributed by atoms with E-state index in [0.717, 1.165) is 17.9 Å². The van der Waals surface area contributed by atoms with Crippen LogP contribution in [0.15, 0.2) is 122 Å². The third-order valence-electron chi connectivity index (χ3n) is 11.1. The van der Waals surface area contributed by atoms with Crippen molar-refractivity contribution in [3.05, 3.63) is 145 Å². The third kappa shape index (κ3) is 9.59. The second kappa shape index (κ2) is 16.8. The molecule has 1 aliphatic carbocycles. The minimum absolute atomic E-state index is 0.144. The Bertz CT molecular complexity index is 1910. The summed E-state index contributed by atoms with van der Waals surface area (Å²) in [5, 5.41) is 0. The zero-order chi connectivity index (χ0) is 40.9. The summed E-state index contributed by atoms with van der Waals surface area (Å²) in [6.45, 7) is 25.5. The first kappa shape index (κ1) is 42.4. The van der Waals surface area contributed by atoms with Gasteiger partial charge in [0.15, 0.2) is 11.6 Å². The van der Waals surface area contributed by atoms with Gasteiger partial charge in [-0.3, -0.25) is 9.59 Å². The quantitative estimate of drug-likeness (QED) is 0.0887. The molecule has 1 atom stereocenters. The van der Waals surface area contributed by atoms with Crippen molar-refractivity contribution in [2.45, 2.75) is 115 Å². The van der Waals surface area contributed by atoms with Gasteiger partial charge in [-0.25, -0.2) is 0 Å². The smallest absolute Gasteiger partial charge is 0.186 e. The second-order valence-electron chi connectivity index (χ2n) is 17.3. The monoisotopic (exact) mass is 756 g/mol. The summed E-state index contributed by atoms with van der Waals surface area (Å²) in [5.74, 6) is 1.58. The number of hydrogen-bond donors (Lipinski definition) is 0. The fraction of sp³-hybridized carbons (Fsp3) is 0.400. The van der Waals surface area contributed by atoms with E-state index in [4.69, 9.17) is 18.9 Å². The maximum Gasteiger partial charge on any atom is 0.186 e. The number of hydrogen-bond acceptors (Lipinski definition) is 6. The van der Waals surface area contributed by atoms with E-state index in [-0.39, 0.29) is 11.6 Å². The molecule has 0 saturated heterocycles. The standard InChI is InChI=1S/C50H60O6/c1-12-44(51)48(8,9)53-31-29-46(4,5)55-40-24-20-38(21-25-40)50(34-35(3)42-28-19-37(33-43(42)50)36-17-15-14-16-18-36)39-22-26-41(27-23-39)56-47(6,7)30-32-54-49(10,11)45(52)13-2/h12-28,33,35H,1-2,29-32,34H2,3-11H3. The summed E-state index contributed by atoms with van der Waals surface area (Å²) in [5.41, 5.74) is 4.07. The molecular weight excluding hydrogens is 697 g/mol. The zero-order valence-electron chi connectivity index (χ0n) is 34.9. The van der Waals surface area contributed by atoms with Gasteiger partial charge in [0, 0.05) is 18.3 Å². The van der Waals surface area contributed by atoms with Gasteiger partial charge in [-0.1, -0.05) is 86.8 Å². The minimum Gasteiger partial charge on any atom is -0.488 e. The van der Waals surface area contributed by atoms with E-state index in [1.807, 2.05) is 33.8 Å². The Balaban J connectivity index is 1.44. The first-order valence-electron chi connectivity index (χ1n) is 19.7. The molecular formula is C50H60O6. The summed E-state index contributed by atoms with van der Waals surface area (Å²) in [6.07, 6.45) is 4.73. The summed E-state index contributed by atoms with van der Waals surface area (Å²) in [6, 6.07) is 34.6. The molecule has 4 aromatic rings. The first-order chi connectivity index (χ1) is 26.3. The zero-order valence-corrected chi connectivity index (χ0v) is 34.9. The van der Waals surface area contributed by atoms with Gasteiger partial charge in [-0.2, -0.15) is 0 Å². The molecule has 56 heavy (non-hydrogen) atoms. The van der Waals surface area contributed by atoms with Crippen LogP contribution in [0.2, 0.25) is 0 Å². The summed E-state index contributed by atoms with van der Waals surface area (Å²) >= 11 is 0. The second-order valence-corrected chi connectivity index (χ2v) is 17.3. The maximum atomic E-state index is 12.2. The van der Waals surface area contributed by atoms with Crippen LogP contribution in [0.1, 0.15) is 110 Å². The van der Waals surface area contributed by atoms with Crippen molar-refractivity contribution in [1.29, 1.82) is 0 Å². The Kier molecular flexibility index (Phi) is 12.7. The van der Waals surface area contributed by atoms with Crippen LogP contribution in [0.4, 0.5) is 0 Å².